The van der Waals surface area contributed by atoms with Gasteiger partial charge in [-0.1, -0.05) is 48.5 Å². The Labute approximate surface area is 170 Å². The maximum Gasteiger partial charge on any atom is 0.273 e. The number of nitrogens with one attached hydrogen (secondary N) is 2. The van der Waals surface area contributed by atoms with Gasteiger partial charge in [0.25, 0.3) is 11.8 Å². The van der Waals surface area contributed by atoms with Gasteiger partial charge in [0.15, 0.2) is 0 Å². The molecular formula is C21H17IN2O3. The zero-order valence-corrected chi connectivity index (χ0v) is 16.5. The largest absolute Gasteiger partial charge is 0.488 e. The van der Waals surface area contributed by atoms with Gasteiger partial charge in [0.2, 0.25) is 0 Å². The Kier molecular flexibility index (Phi) is 6.43. The summed E-state index contributed by atoms with van der Waals surface area (Å²) in [6.07, 6.45) is 0. The van der Waals surface area contributed by atoms with Crippen LogP contribution >= 0.6 is 22.6 Å². The molecule has 0 aromatic heterocycles. The standard InChI is InChI=1S/C21H17IN2O3/c22-17-10-6-9-16(13-17)20(25)23-24-21(26)18-11-4-5-12-19(18)27-14-15-7-2-1-3-8-15/h1-13H,14H2,(H,23,25)(H,24,26). The number of amides is 2. The first-order valence-corrected chi connectivity index (χ1v) is 9.33. The van der Waals surface area contributed by atoms with Gasteiger partial charge in [-0.25, -0.2) is 0 Å². The van der Waals surface area contributed by atoms with Gasteiger partial charge in [-0.3, -0.25) is 20.4 Å². The van der Waals surface area contributed by atoms with Gasteiger partial charge in [0.1, 0.15) is 12.4 Å². The molecule has 3 aromatic rings. The van der Waals surface area contributed by atoms with Crippen molar-refractivity contribution in [3.8, 4) is 5.75 Å². The Morgan fingerprint density at radius 2 is 1.52 bits per heavy atom. The van der Waals surface area contributed by atoms with Crippen molar-refractivity contribution in [2.45, 2.75) is 6.61 Å². The monoisotopic (exact) mass is 472 g/mol. The summed E-state index contributed by atoms with van der Waals surface area (Å²) in [5.74, 6) is -0.385. The molecule has 0 unspecified atom stereocenters. The molecule has 0 aliphatic rings. The van der Waals surface area contributed by atoms with E-state index in [1.807, 2.05) is 36.4 Å². The van der Waals surface area contributed by atoms with Gasteiger partial charge < -0.3 is 4.74 Å². The van der Waals surface area contributed by atoms with E-state index in [0.717, 1.165) is 9.13 Å². The summed E-state index contributed by atoms with van der Waals surface area (Å²) in [6, 6.07) is 23.7. The average molecular weight is 472 g/mol. The Balaban J connectivity index is 1.63. The zero-order chi connectivity index (χ0) is 19.1. The molecule has 27 heavy (non-hydrogen) atoms. The van der Waals surface area contributed by atoms with Crippen molar-refractivity contribution in [2.24, 2.45) is 0 Å². The molecule has 2 N–H and O–H groups in total. The van der Waals surface area contributed by atoms with Gasteiger partial charge in [-0.15, -0.1) is 0 Å². The lowest BCUT2D eigenvalue weighted by Gasteiger charge is -2.12. The van der Waals surface area contributed by atoms with E-state index >= 15 is 0 Å². The number of halogens is 1. The lowest BCUT2D eigenvalue weighted by Crippen LogP contribution is -2.41. The molecule has 0 saturated heterocycles. The van der Waals surface area contributed by atoms with E-state index in [2.05, 4.69) is 33.4 Å². The number of carbonyl (C=O) groups excluding carboxylic acids is 2. The van der Waals surface area contributed by atoms with Gasteiger partial charge in [0.05, 0.1) is 5.56 Å². The Morgan fingerprint density at radius 3 is 2.30 bits per heavy atom. The van der Waals surface area contributed by atoms with Crippen LogP contribution in [-0.4, -0.2) is 11.8 Å². The molecule has 2 amide bonds. The first kappa shape index (κ1) is 18.9. The molecule has 3 aromatic carbocycles. The summed E-state index contributed by atoms with van der Waals surface area (Å²) in [5.41, 5.74) is 6.67. The molecule has 5 nitrogen and oxygen atoms in total. The van der Waals surface area contributed by atoms with Crippen LogP contribution in [-0.2, 0) is 6.61 Å². The third kappa shape index (κ3) is 5.30. The van der Waals surface area contributed by atoms with Crippen LogP contribution in [0, 0.1) is 3.57 Å². The van der Waals surface area contributed by atoms with Gasteiger partial charge in [0, 0.05) is 9.13 Å². The molecule has 0 radical (unpaired) electrons. The van der Waals surface area contributed by atoms with Crippen LogP contribution in [0.1, 0.15) is 26.3 Å². The van der Waals surface area contributed by atoms with Crippen LogP contribution in [0.15, 0.2) is 78.9 Å². The van der Waals surface area contributed by atoms with Gasteiger partial charge in [-0.05, 0) is 58.5 Å². The van der Waals surface area contributed by atoms with E-state index in [4.69, 9.17) is 4.74 Å². The molecule has 0 spiro atoms. The summed E-state index contributed by atoms with van der Waals surface area (Å²) < 4.78 is 6.71. The number of hydrazine groups is 1. The fourth-order valence-electron chi connectivity index (χ4n) is 2.40. The third-order valence-corrected chi connectivity index (χ3v) is 4.42. The quantitative estimate of drug-likeness (QED) is 0.437. The summed E-state index contributed by atoms with van der Waals surface area (Å²) in [6.45, 7) is 0.347. The van der Waals surface area contributed by atoms with E-state index in [-0.39, 0.29) is 5.91 Å². The van der Waals surface area contributed by atoms with Crippen molar-refractivity contribution in [1.29, 1.82) is 0 Å². The zero-order valence-electron chi connectivity index (χ0n) is 14.3. The van der Waals surface area contributed by atoms with Crippen molar-refractivity contribution in [1.82, 2.24) is 10.9 Å². The van der Waals surface area contributed by atoms with E-state index < -0.39 is 5.91 Å². The minimum atomic E-state index is -0.447. The van der Waals surface area contributed by atoms with Gasteiger partial charge >= 0.3 is 0 Å². The Bertz CT molecular complexity index is 945. The second-order valence-electron chi connectivity index (χ2n) is 5.69. The van der Waals surface area contributed by atoms with Crippen molar-refractivity contribution in [3.05, 3.63) is 99.1 Å². The van der Waals surface area contributed by atoms with E-state index in [0.29, 0.717) is 23.5 Å². The molecule has 3 rings (SSSR count). The number of para-hydroxylation sites is 1. The van der Waals surface area contributed by atoms with E-state index in [9.17, 15) is 9.59 Å². The van der Waals surface area contributed by atoms with Gasteiger partial charge in [-0.2, -0.15) is 0 Å². The first-order chi connectivity index (χ1) is 13.1. The highest BCUT2D eigenvalue weighted by Gasteiger charge is 2.14. The molecule has 0 atom stereocenters. The molecule has 136 valence electrons. The van der Waals surface area contributed by atoms with Crippen LogP contribution in [0.2, 0.25) is 0 Å². The number of benzene rings is 3. The number of hydrogen-bond acceptors (Lipinski definition) is 3. The highest BCUT2D eigenvalue weighted by molar-refractivity contribution is 14.1. The summed E-state index contributed by atoms with van der Waals surface area (Å²) in [4.78, 5) is 24.6. The highest BCUT2D eigenvalue weighted by Crippen LogP contribution is 2.19. The van der Waals surface area contributed by atoms with E-state index in [1.165, 1.54) is 0 Å². The number of rotatable bonds is 5. The minimum absolute atomic E-state index is 0.344. The number of carbonyl (C=O) groups is 2. The Morgan fingerprint density at radius 1 is 0.815 bits per heavy atom. The minimum Gasteiger partial charge on any atom is -0.488 e. The fourth-order valence-corrected chi connectivity index (χ4v) is 2.94. The summed E-state index contributed by atoms with van der Waals surface area (Å²) in [7, 11) is 0. The lowest BCUT2D eigenvalue weighted by molar-refractivity contribution is 0.0844. The van der Waals surface area contributed by atoms with Crippen molar-refractivity contribution < 1.29 is 14.3 Å². The smallest absolute Gasteiger partial charge is 0.273 e. The Hall–Kier alpha value is -2.87. The molecule has 0 saturated carbocycles. The second-order valence-corrected chi connectivity index (χ2v) is 6.93. The summed E-state index contributed by atoms with van der Waals surface area (Å²) >= 11 is 2.12. The molecular weight excluding hydrogens is 455 g/mol. The molecule has 0 fully saturated rings. The molecule has 6 heteroatoms. The number of hydrogen-bond donors (Lipinski definition) is 2. The van der Waals surface area contributed by atoms with Crippen LogP contribution in [0.4, 0.5) is 0 Å². The fraction of sp³-hybridized carbons (Fsp3) is 0.0476. The number of ether oxygens (including phenoxy) is 1. The predicted octanol–water partition coefficient (Wildman–Crippen LogP) is 3.95. The predicted molar refractivity (Wildman–Crippen MR) is 111 cm³/mol. The van der Waals surface area contributed by atoms with Crippen LogP contribution in [0.5, 0.6) is 5.75 Å². The van der Waals surface area contributed by atoms with Crippen molar-refractivity contribution >= 4 is 34.4 Å². The summed E-state index contributed by atoms with van der Waals surface area (Å²) in [5, 5.41) is 0. The molecule has 0 aliphatic carbocycles. The normalized spacial score (nSPS) is 10.1. The first-order valence-electron chi connectivity index (χ1n) is 8.25. The SMILES string of the molecule is O=C(NNC(=O)c1ccccc1OCc1ccccc1)c1cccc(I)c1. The maximum absolute atomic E-state index is 12.5. The van der Waals surface area contributed by atoms with Crippen LogP contribution in [0.25, 0.3) is 0 Å². The third-order valence-electron chi connectivity index (χ3n) is 3.75. The average Bonchev–Trinajstić information content (AvgIpc) is 2.71. The van der Waals surface area contributed by atoms with Crippen molar-refractivity contribution in [3.63, 3.8) is 0 Å². The maximum atomic E-state index is 12.5. The molecule has 0 bridgehead atoms. The highest BCUT2D eigenvalue weighted by atomic mass is 127. The van der Waals surface area contributed by atoms with E-state index in [1.54, 1.807) is 42.5 Å². The van der Waals surface area contributed by atoms with Crippen molar-refractivity contribution in [2.75, 3.05) is 0 Å². The second kappa shape index (κ2) is 9.18. The van der Waals surface area contributed by atoms with Crippen LogP contribution < -0.4 is 15.6 Å². The van der Waals surface area contributed by atoms with Crippen LogP contribution in [0.3, 0.4) is 0 Å². The lowest BCUT2D eigenvalue weighted by atomic mass is 10.2. The molecule has 0 aliphatic heterocycles. The topological polar surface area (TPSA) is 67.4 Å². The molecule has 0 heterocycles.